The molecule has 1 atom stereocenters. The lowest BCUT2D eigenvalue weighted by molar-refractivity contribution is -0.137. The number of hydrogen-bond acceptors (Lipinski definition) is 4. The molecule has 7 nitrogen and oxygen atoms in total. The highest BCUT2D eigenvalue weighted by molar-refractivity contribution is 6.31. The molecule has 3 heterocycles. The van der Waals surface area contributed by atoms with Crippen LogP contribution in [0.1, 0.15) is 55.7 Å². The SMILES string of the molecule is O=C(Nc1cc(-c2ccc3nc(C(F)F)nn3c2)cc2c1[C@@H](c1cc(F)ccc1Cl)NC2=O)c1cc(F)cc(C(F)(F)F)c1. The molecule has 3 aromatic carbocycles. The van der Waals surface area contributed by atoms with E-state index in [-0.39, 0.29) is 44.7 Å². The molecule has 15 heteroatoms. The second kappa shape index (κ2) is 10.6. The number of amides is 2. The Morgan fingerprint density at radius 1 is 0.977 bits per heavy atom. The van der Waals surface area contributed by atoms with Gasteiger partial charge in [-0.25, -0.2) is 27.1 Å². The molecular formula is C29H15ClF7N5O2. The fourth-order valence-corrected chi connectivity index (χ4v) is 5.14. The van der Waals surface area contributed by atoms with Crippen molar-refractivity contribution in [3.63, 3.8) is 0 Å². The molecule has 0 saturated carbocycles. The zero-order chi connectivity index (χ0) is 31.5. The second-order valence-electron chi connectivity index (χ2n) is 9.73. The molecule has 0 unspecified atom stereocenters. The van der Waals surface area contributed by atoms with Gasteiger partial charge in [0.2, 0.25) is 5.82 Å². The fourth-order valence-electron chi connectivity index (χ4n) is 4.91. The van der Waals surface area contributed by atoms with Crippen LogP contribution in [0.15, 0.2) is 66.9 Å². The molecule has 0 bridgehead atoms. The highest BCUT2D eigenvalue weighted by Gasteiger charge is 2.36. The van der Waals surface area contributed by atoms with Gasteiger partial charge < -0.3 is 10.6 Å². The maximum atomic E-state index is 14.2. The Morgan fingerprint density at radius 2 is 1.75 bits per heavy atom. The Morgan fingerprint density at radius 3 is 2.48 bits per heavy atom. The summed E-state index contributed by atoms with van der Waals surface area (Å²) in [6.07, 6.45) is -6.54. The van der Waals surface area contributed by atoms with Gasteiger partial charge in [0.05, 0.1) is 11.6 Å². The van der Waals surface area contributed by atoms with Crippen molar-refractivity contribution in [3.05, 3.63) is 117 Å². The number of anilines is 1. The zero-order valence-corrected chi connectivity index (χ0v) is 22.4. The number of hydrogen-bond donors (Lipinski definition) is 2. The minimum Gasteiger partial charge on any atom is -0.341 e. The van der Waals surface area contributed by atoms with Crippen LogP contribution in [0.25, 0.3) is 16.8 Å². The molecule has 0 aliphatic carbocycles. The van der Waals surface area contributed by atoms with Crippen LogP contribution in [0.4, 0.5) is 36.4 Å². The monoisotopic (exact) mass is 633 g/mol. The first kappa shape index (κ1) is 29.1. The van der Waals surface area contributed by atoms with E-state index in [1.54, 1.807) is 0 Å². The van der Waals surface area contributed by atoms with Crippen LogP contribution in [-0.2, 0) is 6.18 Å². The largest absolute Gasteiger partial charge is 0.416 e. The molecule has 1 aliphatic rings. The van der Waals surface area contributed by atoms with Crippen LogP contribution in [0, 0.1) is 11.6 Å². The van der Waals surface area contributed by atoms with Gasteiger partial charge in [-0.2, -0.15) is 13.2 Å². The average Bonchev–Trinajstić information content (AvgIpc) is 3.54. The summed E-state index contributed by atoms with van der Waals surface area (Å²) in [5.41, 5.74) is -1.27. The Kier molecular flexibility index (Phi) is 7.03. The molecule has 2 aromatic heterocycles. The highest BCUT2D eigenvalue weighted by Crippen LogP contribution is 2.42. The Bertz CT molecular complexity index is 1990. The van der Waals surface area contributed by atoms with Crippen molar-refractivity contribution in [3.8, 4) is 11.1 Å². The standard InChI is InChI=1S/C29H15ClF7N5O2/c30-20-3-2-16(31)10-18(20)24-23-19(28(44)40-24)7-13(12-1-4-22-39-26(25(33)34)41-42(22)11-12)8-21(23)38-27(43)14-5-15(29(35,36)37)9-17(32)6-14/h1-11,24-25H,(H,38,43)(H,40,44)/t24-/m1/s1. The average molecular weight is 634 g/mol. The van der Waals surface area contributed by atoms with E-state index < -0.39 is 59.0 Å². The Labute approximate surface area is 247 Å². The summed E-state index contributed by atoms with van der Waals surface area (Å²) in [7, 11) is 0. The summed E-state index contributed by atoms with van der Waals surface area (Å²) in [5.74, 6) is -4.51. The third kappa shape index (κ3) is 5.32. The van der Waals surface area contributed by atoms with E-state index >= 15 is 0 Å². The number of nitrogens with one attached hydrogen (secondary N) is 2. The van der Waals surface area contributed by atoms with E-state index in [0.717, 1.165) is 16.6 Å². The van der Waals surface area contributed by atoms with E-state index in [0.29, 0.717) is 17.7 Å². The first-order valence-corrected chi connectivity index (χ1v) is 12.9. The van der Waals surface area contributed by atoms with E-state index in [4.69, 9.17) is 11.6 Å². The molecule has 224 valence electrons. The van der Waals surface area contributed by atoms with Gasteiger partial charge in [0, 0.05) is 44.7 Å². The highest BCUT2D eigenvalue weighted by atomic mass is 35.5. The molecule has 2 amide bonds. The number of benzene rings is 3. The van der Waals surface area contributed by atoms with Crippen molar-refractivity contribution in [2.24, 2.45) is 0 Å². The lowest BCUT2D eigenvalue weighted by atomic mass is 9.93. The van der Waals surface area contributed by atoms with Gasteiger partial charge in [-0.1, -0.05) is 11.6 Å². The predicted octanol–water partition coefficient (Wildman–Crippen LogP) is 7.37. The Balaban J connectivity index is 1.50. The number of alkyl halides is 5. The van der Waals surface area contributed by atoms with Crippen LogP contribution >= 0.6 is 11.6 Å². The molecular weight excluding hydrogens is 619 g/mol. The number of halogens is 8. The minimum absolute atomic E-state index is 0.00897. The van der Waals surface area contributed by atoms with E-state index in [1.807, 2.05) is 0 Å². The third-order valence-electron chi connectivity index (χ3n) is 6.87. The van der Waals surface area contributed by atoms with Gasteiger partial charge in [0.25, 0.3) is 18.2 Å². The normalized spacial score (nSPS) is 14.7. The van der Waals surface area contributed by atoms with E-state index in [1.165, 1.54) is 36.5 Å². The number of nitrogens with zero attached hydrogens (tertiary/aromatic N) is 3. The molecule has 5 aromatic rings. The molecule has 0 radical (unpaired) electrons. The quantitative estimate of drug-likeness (QED) is 0.198. The van der Waals surface area contributed by atoms with Crippen LogP contribution in [0.3, 0.4) is 0 Å². The van der Waals surface area contributed by atoms with Gasteiger partial charge in [-0.3, -0.25) is 9.59 Å². The van der Waals surface area contributed by atoms with Crippen LogP contribution in [0.5, 0.6) is 0 Å². The first-order chi connectivity index (χ1) is 20.8. The molecule has 0 fully saturated rings. The smallest absolute Gasteiger partial charge is 0.341 e. The second-order valence-corrected chi connectivity index (χ2v) is 10.1. The fraction of sp³-hybridized carbons (Fsp3) is 0.103. The van der Waals surface area contributed by atoms with Gasteiger partial charge in [-0.05, 0) is 66.2 Å². The van der Waals surface area contributed by atoms with Crippen LogP contribution < -0.4 is 10.6 Å². The van der Waals surface area contributed by atoms with Crippen molar-refractivity contribution in [1.82, 2.24) is 19.9 Å². The van der Waals surface area contributed by atoms with Gasteiger partial charge in [-0.15, -0.1) is 5.10 Å². The number of fused-ring (bicyclic) bond motifs is 2. The Hall–Kier alpha value is -4.98. The summed E-state index contributed by atoms with van der Waals surface area (Å²) in [4.78, 5) is 30.2. The third-order valence-corrected chi connectivity index (χ3v) is 7.21. The van der Waals surface area contributed by atoms with Gasteiger partial charge in [0.15, 0.2) is 5.65 Å². The van der Waals surface area contributed by atoms with Gasteiger partial charge >= 0.3 is 6.18 Å². The molecule has 6 rings (SSSR count). The molecule has 44 heavy (non-hydrogen) atoms. The zero-order valence-electron chi connectivity index (χ0n) is 21.7. The predicted molar refractivity (Wildman–Crippen MR) is 143 cm³/mol. The number of carbonyl (C=O) groups excluding carboxylic acids is 2. The summed E-state index contributed by atoms with van der Waals surface area (Å²) in [5, 5.41) is 8.91. The summed E-state index contributed by atoms with van der Waals surface area (Å²) < 4.78 is 95.7. The molecule has 0 saturated heterocycles. The van der Waals surface area contributed by atoms with Crippen LogP contribution in [-0.4, -0.2) is 26.4 Å². The molecule has 2 N–H and O–H groups in total. The number of pyridine rings is 1. The summed E-state index contributed by atoms with van der Waals surface area (Å²) in [6, 6.07) is 9.30. The lowest BCUT2D eigenvalue weighted by Crippen LogP contribution is -2.21. The number of aromatic nitrogens is 3. The molecule has 0 spiro atoms. The minimum atomic E-state index is -4.95. The maximum Gasteiger partial charge on any atom is 0.416 e. The van der Waals surface area contributed by atoms with E-state index in [9.17, 15) is 40.3 Å². The van der Waals surface area contributed by atoms with Crippen molar-refractivity contribution in [2.45, 2.75) is 18.6 Å². The lowest BCUT2D eigenvalue weighted by Gasteiger charge is -2.19. The van der Waals surface area contributed by atoms with Crippen molar-refractivity contribution in [1.29, 1.82) is 0 Å². The summed E-state index contributed by atoms with van der Waals surface area (Å²) in [6.45, 7) is 0. The van der Waals surface area contributed by atoms with Crippen molar-refractivity contribution < 1.29 is 40.3 Å². The molecule has 1 aliphatic heterocycles. The summed E-state index contributed by atoms with van der Waals surface area (Å²) >= 11 is 6.31. The van der Waals surface area contributed by atoms with Gasteiger partial charge in [0.1, 0.15) is 11.6 Å². The van der Waals surface area contributed by atoms with E-state index in [2.05, 4.69) is 20.7 Å². The van der Waals surface area contributed by atoms with Crippen molar-refractivity contribution in [2.75, 3.05) is 5.32 Å². The van der Waals surface area contributed by atoms with Crippen LogP contribution in [0.2, 0.25) is 5.02 Å². The first-order valence-electron chi connectivity index (χ1n) is 12.6. The topological polar surface area (TPSA) is 88.4 Å². The maximum absolute atomic E-state index is 14.2. The van der Waals surface area contributed by atoms with Crippen molar-refractivity contribution >= 4 is 34.7 Å². The number of rotatable bonds is 5. The number of carbonyl (C=O) groups is 2.